The highest BCUT2D eigenvalue weighted by molar-refractivity contribution is 5.91. The number of hydrogen-bond acceptors (Lipinski definition) is 5. The highest BCUT2D eigenvalue weighted by atomic mass is 16.5. The molecule has 1 aromatic carbocycles. The number of carbonyl (C=O) groups is 1. The van der Waals surface area contributed by atoms with Gasteiger partial charge in [0.05, 0.1) is 12.8 Å². The van der Waals surface area contributed by atoms with E-state index in [1.807, 2.05) is 24.4 Å². The first-order chi connectivity index (χ1) is 12.1. The van der Waals surface area contributed by atoms with Crippen molar-refractivity contribution in [3.8, 4) is 23.8 Å². The summed E-state index contributed by atoms with van der Waals surface area (Å²) in [4.78, 5) is 12.3. The van der Waals surface area contributed by atoms with Crippen molar-refractivity contribution in [2.45, 2.75) is 31.3 Å². The fourth-order valence-electron chi connectivity index (χ4n) is 2.53. The molecular formula is C18H19N5O2. The van der Waals surface area contributed by atoms with Crippen LogP contribution in [-0.2, 0) is 4.79 Å². The fraction of sp³-hybridized carbons (Fsp3) is 0.333. The lowest BCUT2D eigenvalue weighted by atomic mass is 10.0. The first-order valence-corrected chi connectivity index (χ1v) is 8.01. The lowest BCUT2D eigenvalue weighted by molar-refractivity contribution is -0.116. The Morgan fingerprint density at radius 3 is 2.84 bits per heavy atom. The third-order valence-electron chi connectivity index (χ3n) is 3.98. The van der Waals surface area contributed by atoms with Crippen molar-refractivity contribution in [2.75, 3.05) is 12.4 Å². The molecule has 1 aliphatic rings. The molecule has 0 fully saturated rings. The Bertz CT molecular complexity index is 814. The molecule has 3 rings (SSSR count). The standard InChI is InChI=1S/C18H19N5O2/c1-3-4-7-18(21-22-18)8-6-17(24)20-14-11-15(13-16(12-14)25-2)23-10-5-9-19-23/h1,5,9-13H,4,6-8H2,2H3,(H,20,24). The highest BCUT2D eigenvalue weighted by Crippen LogP contribution is 2.37. The van der Waals surface area contributed by atoms with Crippen LogP contribution in [0.3, 0.4) is 0 Å². The molecule has 0 unspecified atom stereocenters. The molecule has 1 aromatic heterocycles. The van der Waals surface area contributed by atoms with Crippen molar-refractivity contribution in [1.29, 1.82) is 0 Å². The first-order valence-electron chi connectivity index (χ1n) is 8.01. The molecule has 7 heteroatoms. The predicted octanol–water partition coefficient (Wildman–Crippen LogP) is 3.18. The molecule has 1 aliphatic heterocycles. The lowest BCUT2D eigenvalue weighted by Gasteiger charge is -2.12. The number of amides is 1. The van der Waals surface area contributed by atoms with Crippen LogP contribution in [0.5, 0.6) is 5.75 Å². The maximum Gasteiger partial charge on any atom is 0.224 e. The Hall–Kier alpha value is -3.14. The van der Waals surface area contributed by atoms with Gasteiger partial charge in [-0.05, 0) is 12.1 Å². The van der Waals surface area contributed by atoms with Crippen molar-refractivity contribution in [2.24, 2.45) is 10.2 Å². The van der Waals surface area contributed by atoms with Crippen LogP contribution < -0.4 is 10.1 Å². The predicted molar refractivity (Wildman–Crippen MR) is 93.6 cm³/mol. The summed E-state index contributed by atoms with van der Waals surface area (Å²) in [6.07, 6.45) is 11.0. The molecule has 0 spiro atoms. The Morgan fingerprint density at radius 2 is 2.20 bits per heavy atom. The molecule has 25 heavy (non-hydrogen) atoms. The van der Waals surface area contributed by atoms with Crippen LogP contribution in [0.25, 0.3) is 5.69 Å². The Labute approximate surface area is 146 Å². The maximum absolute atomic E-state index is 12.3. The van der Waals surface area contributed by atoms with E-state index in [9.17, 15) is 4.79 Å². The van der Waals surface area contributed by atoms with E-state index in [1.54, 1.807) is 24.1 Å². The lowest BCUT2D eigenvalue weighted by Crippen LogP contribution is -2.17. The minimum Gasteiger partial charge on any atom is -0.497 e. The molecule has 0 aliphatic carbocycles. The number of nitrogens with zero attached hydrogens (tertiary/aromatic N) is 4. The van der Waals surface area contributed by atoms with E-state index in [1.165, 1.54) is 0 Å². The number of anilines is 1. The molecule has 2 aromatic rings. The molecule has 2 heterocycles. The van der Waals surface area contributed by atoms with E-state index >= 15 is 0 Å². The number of aromatic nitrogens is 2. The Kier molecular flexibility index (Phi) is 4.80. The third-order valence-corrected chi connectivity index (χ3v) is 3.98. The van der Waals surface area contributed by atoms with Crippen LogP contribution in [0.2, 0.25) is 0 Å². The minimum absolute atomic E-state index is 0.1000. The topological polar surface area (TPSA) is 80.9 Å². The van der Waals surface area contributed by atoms with Gasteiger partial charge in [-0.25, -0.2) is 4.68 Å². The monoisotopic (exact) mass is 337 g/mol. The van der Waals surface area contributed by atoms with Gasteiger partial charge in [0, 0.05) is 55.9 Å². The normalized spacial score (nSPS) is 13.9. The van der Waals surface area contributed by atoms with E-state index < -0.39 is 5.66 Å². The van der Waals surface area contributed by atoms with E-state index in [2.05, 4.69) is 26.6 Å². The van der Waals surface area contributed by atoms with Crippen molar-refractivity contribution in [3.05, 3.63) is 36.7 Å². The summed E-state index contributed by atoms with van der Waals surface area (Å²) in [6.45, 7) is 0. The van der Waals surface area contributed by atoms with E-state index in [4.69, 9.17) is 11.2 Å². The van der Waals surface area contributed by atoms with Gasteiger partial charge in [-0.2, -0.15) is 15.3 Å². The average Bonchev–Trinajstić information content (AvgIpc) is 3.17. The Balaban J connectivity index is 1.63. The molecule has 7 nitrogen and oxygen atoms in total. The van der Waals surface area contributed by atoms with Crippen molar-refractivity contribution < 1.29 is 9.53 Å². The van der Waals surface area contributed by atoms with Crippen LogP contribution in [0, 0.1) is 12.3 Å². The second-order valence-electron chi connectivity index (χ2n) is 5.81. The second kappa shape index (κ2) is 7.18. The number of nitrogens with one attached hydrogen (secondary N) is 1. The summed E-state index contributed by atoms with van der Waals surface area (Å²) < 4.78 is 7.01. The van der Waals surface area contributed by atoms with Gasteiger partial charge in [0.1, 0.15) is 5.75 Å². The zero-order chi connectivity index (χ0) is 17.7. The number of benzene rings is 1. The summed E-state index contributed by atoms with van der Waals surface area (Å²) in [5.41, 5.74) is 1.01. The number of ether oxygens (including phenoxy) is 1. The zero-order valence-electron chi connectivity index (χ0n) is 14.0. The average molecular weight is 337 g/mol. The molecule has 128 valence electrons. The Morgan fingerprint density at radius 1 is 1.36 bits per heavy atom. The number of terminal acetylenes is 1. The molecule has 0 radical (unpaired) electrons. The summed E-state index contributed by atoms with van der Waals surface area (Å²) in [5.74, 6) is 3.12. The van der Waals surface area contributed by atoms with Gasteiger partial charge in [0.15, 0.2) is 5.66 Å². The van der Waals surface area contributed by atoms with Gasteiger partial charge >= 0.3 is 0 Å². The van der Waals surface area contributed by atoms with E-state index in [0.29, 0.717) is 37.1 Å². The third kappa shape index (κ3) is 4.23. The smallest absolute Gasteiger partial charge is 0.224 e. The molecule has 1 amide bonds. The molecular weight excluding hydrogens is 318 g/mol. The van der Waals surface area contributed by atoms with Crippen molar-refractivity contribution in [1.82, 2.24) is 9.78 Å². The van der Waals surface area contributed by atoms with Crippen LogP contribution in [0.1, 0.15) is 25.7 Å². The molecule has 0 atom stereocenters. The summed E-state index contributed by atoms with van der Waals surface area (Å²) >= 11 is 0. The van der Waals surface area contributed by atoms with E-state index in [-0.39, 0.29) is 5.91 Å². The largest absolute Gasteiger partial charge is 0.497 e. The molecule has 1 N–H and O–H groups in total. The van der Waals surface area contributed by atoms with Gasteiger partial charge in [-0.15, -0.1) is 12.3 Å². The molecule has 0 saturated heterocycles. The number of hydrogen-bond donors (Lipinski definition) is 1. The summed E-state index contributed by atoms with van der Waals surface area (Å²) in [5, 5.41) is 15.2. The highest BCUT2D eigenvalue weighted by Gasteiger charge is 2.39. The quantitative estimate of drug-likeness (QED) is 0.751. The van der Waals surface area contributed by atoms with Gasteiger partial charge in [0.2, 0.25) is 5.91 Å². The van der Waals surface area contributed by atoms with Crippen molar-refractivity contribution >= 4 is 11.6 Å². The minimum atomic E-state index is -0.446. The number of carbonyl (C=O) groups excluding carboxylic acids is 1. The second-order valence-corrected chi connectivity index (χ2v) is 5.81. The number of methoxy groups -OCH3 is 1. The SMILES string of the molecule is C#CCCC1(CCC(=O)Nc2cc(OC)cc(-n3cccn3)c2)N=N1. The van der Waals surface area contributed by atoms with Crippen LogP contribution >= 0.6 is 0 Å². The summed E-state index contributed by atoms with van der Waals surface area (Å²) in [6, 6.07) is 7.29. The zero-order valence-corrected chi connectivity index (χ0v) is 14.0. The fourth-order valence-corrected chi connectivity index (χ4v) is 2.53. The maximum atomic E-state index is 12.3. The van der Waals surface area contributed by atoms with Gasteiger partial charge in [-0.3, -0.25) is 4.79 Å². The van der Waals surface area contributed by atoms with Crippen LogP contribution in [0.15, 0.2) is 46.9 Å². The van der Waals surface area contributed by atoms with Gasteiger partial charge in [-0.1, -0.05) is 0 Å². The van der Waals surface area contributed by atoms with Crippen LogP contribution in [0.4, 0.5) is 5.69 Å². The first kappa shape index (κ1) is 16.7. The molecule has 0 saturated carbocycles. The van der Waals surface area contributed by atoms with Crippen LogP contribution in [-0.4, -0.2) is 28.5 Å². The van der Waals surface area contributed by atoms with Crippen molar-refractivity contribution in [3.63, 3.8) is 0 Å². The molecule has 0 bridgehead atoms. The van der Waals surface area contributed by atoms with E-state index in [0.717, 1.165) is 5.69 Å². The summed E-state index contributed by atoms with van der Waals surface area (Å²) in [7, 11) is 1.58. The number of rotatable bonds is 8. The van der Waals surface area contributed by atoms with Gasteiger partial charge in [0.25, 0.3) is 0 Å². The van der Waals surface area contributed by atoms with Gasteiger partial charge < -0.3 is 10.1 Å².